The van der Waals surface area contributed by atoms with Crippen LogP contribution in [0, 0.1) is 6.92 Å². The van der Waals surface area contributed by atoms with Gasteiger partial charge in [-0.2, -0.15) is 17.4 Å². The van der Waals surface area contributed by atoms with Crippen LogP contribution in [0.1, 0.15) is 17.8 Å². The minimum atomic E-state index is -3.46. The number of rotatable bonds is 7. The second-order valence-corrected chi connectivity index (χ2v) is 5.92. The Balaban J connectivity index is 2.56. The van der Waals surface area contributed by atoms with Crippen LogP contribution in [0.25, 0.3) is 0 Å². The lowest BCUT2D eigenvalue weighted by Gasteiger charge is -2.17. The Labute approximate surface area is 108 Å². The summed E-state index contributed by atoms with van der Waals surface area (Å²) in [7, 11) is -1.93. The third-order valence-electron chi connectivity index (χ3n) is 2.47. The molecule has 1 heterocycles. The highest BCUT2D eigenvalue weighted by Crippen LogP contribution is 2.00. The number of pyridine rings is 1. The largest absolute Gasteiger partial charge is 0.330 e. The fraction of sp³-hybridized carbons (Fsp3) is 0.545. The van der Waals surface area contributed by atoms with Crippen molar-refractivity contribution in [2.45, 2.75) is 19.9 Å². The van der Waals surface area contributed by atoms with Crippen LogP contribution in [0.15, 0.2) is 18.2 Å². The van der Waals surface area contributed by atoms with E-state index >= 15 is 0 Å². The van der Waals surface area contributed by atoms with Crippen LogP contribution >= 0.6 is 0 Å². The van der Waals surface area contributed by atoms with Gasteiger partial charge in [-0.15, -0.1) is 0 Å². The lowest BCUT2D eigenvalue weighted by molar-refractivity contribution is 0.452. The Bertz CT molecular complexity index is 476. The van der Waals surface area contributed by atoms with Gasteiger partial charge >= 0.3 is 0 Å². The molecular formula is C11H20N4O2S. The number of nitrogens with two attached hydrogens (primary N) is 1. The van der Waals surface area contributed by atoms with E-state index in [2.05, 4.69) is 9.71 Å². The van der Waals surface area contributed by atoms with Crippen LogP contribution in [0.4, 0.5) is 0 Å². The molecule has 0 aliphatic rings. The molecule has 0 amide bonds. The minimum Gasteiger partial charge on any atom is -0.330 e. The summed E-state index contributed by atoms with van der Waals surface area (Å²) in [6, 6.07) is 5.50. The van der Waals surface area contributed by atoms with Gasteiger partial charge in [0, 0.05) is 19.3 Å². The van der Waals surface area contributed by atoms with Crippen molar-refractivity contribution in [1.29, 1.82) is 0 Å². The normalized spacial score (nSPS) is 12.0. The second-order valence-electron chi connectivity index (χ2n) is 4.06. The molecule has 0 saturated carbocycles. The molecule has 0 bridgehead atoms. The molecule has 0 atom stereocenters. The summed E-state index contributed by atoms with van der Waals surface area (Å²) in [5.41, 5.74) is 6.91. The maximum absolute atomic E-state index is 11.8. The molecule has 0 unspecified atom stereocenters. The summed E-state index contributed by atoms with van der Waals surface area (Å²) in [5.74, 6) is 0. The van der Waals surface area contributed by atoms with Gasteiger partial charge < -0.3 is 5.73 Å². The predicted molar refractivity (Wildman–Crippen MR) is 71.0 cm³/mol. The van der Waals surface area contributed by atoms with Crippen molar-refractivity contribution in [3.05, 3.63) is 29.6 Å². The molecule has 3 N–H and O–H groups in total. The molecule has 1 aromatic heterocycles. The van der Waals surface area contributed by atoms with Crippen LogP contribution in [0.2, 0.25) is 0 Å². The van der Waals surface area contributed by atoms with Gasteiger partial charge in [-0.25, -0.2) is 0 Å². The molecule has 0 fully saturated rings. The molecule has 0 aliphatic heterocycles. The molecular weight excluding hydrogens is 252 g/mol. The summed E-state index contributed by atoms with van der Waals surface area (Å²) in [5, 5.41) is 0. The first-order valence-electron chi connectivity index (χ1n) is 5.79. The molecule has 7 heteroatoms. The smallest absolute Gasteiger partial charge is 0.279 e. The van der Waals surface area contributed by atoms with Gasteiger partial charge in [0.25, 0.3) is 10.2 Å². The quantitative estimate of drug-likeness (QED) is 0.731. The molecule has 1 aromatic rings. The van der Waals surface area contributed by atoms with E-state index in [-0.39, 0.29) is 6.54 Å². The monoisotopic (exact) mass is 272 g/mol. The Kier molecular flexibility index (Phi) is 5.67. The average Bonchev–Trinajstić information content (AvgIpc) is 2.33. The summed E-state index contributed by atoms with van der Waals surface area (Å²) in [4.78, 5) is 4.23. The van der Waals surface area contributed by atoms with E-state index in [1.165, 1.54) is 11.4 Å². The van der Waals surface area contributed by atoms with E-state index in [0.29, 0.717) is 25.2 Å². The van der Waals surface area contributed by atoms with E-state index in [1.54, 1.807) is 6.07 Å². The molecule has 6 nitrogen and oxygen atoms in total. The van der Waals surface area contributed by atoms with Crippen molar-refractivity contribution in [3.63, 3.8) is 0 Å². The second kappa shape index (κ2) is 6.79. The van der Waals surface area contributed by atoms with Crippen molar-refractivity contribution in [3.8, 4) is 0 Å². The van der Waals surface area contributed by atoms with Crippen molar-refractivity contribution < 1.29 is 8.42 Å². The van der Waals surface area contributed by atoms with Crippen LogP contribution < -0.4 is 10.5 Å². The number of aryl methyl sites for hydroxylation is 1. The van der Waals surface area contributed by atoms with Crippen molar-refractivity contribution in [2.75, 3.05) is 20.1 Å². The van der Waals surface area contributed by atoms with Gasteiger partial charge in [-0.1, -0.05) is 6.07 Å². The first-order chi connectivity index (χ1) is 8.45. The molecule has 0 spiro atoms. The van der Waals surface area contributed by atoms with Crippen LogP contribution in [-0.4, -0.2) is 37.8 Å². The van der Waals surface area contributed by atoms with Gasteiger partial charge in [0.15, 0.2) is 0 Å². The fourth-order valence-electron chi connectivity index (χ4n) is 1.41. The molecule has 0 aromatic carbocycles. The van der Waals surface area contributed by atoms with Gasteiger partial charge in [0.05, 0.1) is 12.2 Å². The third-order valence-corrected chi connectivity index (χ3v) is 3.98. The number of aromatic nitrogens is 1. The maximum atomic E-state index is 11.8. The van der Waals surface area contributed by atoms with E-state index in [0.717, 1.165) is 5.69 Å². The highest BCUT2D eigenvalue weighted by molar-refractivity contribution is 7.87. The summed E-state index contributed by atoms with van der Waals surface area (Å²) in [6.07, 6.45) is 0.639. The van der Waals surface area contributed by atoms with Gasteiger partial charge in [0.2, 0.25) is 0 Å². The molecule has 1 rings (SSSR count). The van der Waals surface area contributed by atoms with Crippen molar-refractivity contribution >= 4 is 10.2 Å². The zero-order chi connectivity index (χ0) is 13.6. The summed E-state index contributed by atoms with van der Waals surface area (Å²) in [6.45, 7) is 2.94. The number of nitrogens with one attached hydrogen (secondary N) is 1. The first kappa shape index (κ1) is 15.0. The highest BCUT2D eigenvalue weighted by Gasteiger charge is 2.16. The predicted octanol–water partition coefficient (Wildman–Crippen LogP) is 0.00502. The fourth-order valence-corrected chi connectivity index (χ4v) is 2.33. The summed E-state index contributed by atoms with van der Waals surface area (Å²) < 4.78 is 27.4. The number of nitrogens with zero attached hydrogens (tertiary/aromatic N) is 2. The Morgan fingerprint density at radius 2 is 2.17 bits per heavy atom. The summed E-state index contributed by atoms with van der Waals surface area (Å²) >= 11 is 0. The van der Waals surface area contributed by atoms with E-state index in [4.69, 9.17) is 5.73 Å². The first-order valence-corrected chi connectivity index (χ1v) is 7.23. The lowest BCUT2D eigenvalue weighted by Crippen LogP contribution is -2.38. The topological polar surface area (TPSA) is 88.3 Å². The van der Waals surface area contributed by atoms with E-state index in [1.807, 2.05) is 19.1 Å². The minimum absolute atomic E-state index is 0.191. The van der Waals surface area contributed by atoms with Gasteiger partial charge in [-0.3, -0.25) is 4.98 Å². The average molecular weight is 272 g/mol. The third kappa shape index (κ3) is 4.69. The lowest BCUT2D eigenvalue weighted by atomic mass is 10.3. The van der Waals surface area contributed by atoms with Crippen molar-refractivity contribution in [2.24, 2.45) is 5.73 Å². The molecule has 0 saturated heterocycles. The SMILES string of the molecule is Cc1cccc(CNS(=O)(=O)N(C)CCCN)n1. The van der Waals surface area contributed by atoms with Crippen LogP contribution in [0.5, 0.6) is 0 Å². The highest BCUT2D eigenvalue weighted by atomic mass is 32.2. The Morgan fingerprint density at radius 3 is 2.78 bits per heavy atom. The van der Waals surface area contributed by atoms with Crippen LogP contribution in [-0.2, 0) is 16.8 Å². The maximum Gasteiger partial charge on any atom is 0.279 e. The van der Waals surface area contributed by atoms with Gasteiger partial charge in [0.1, 0.15) is 0 Å². The molecule has 0 radical (unpaired) electrons. The standard InChI is InChI=1S/C11H20N4O2S/c1-10-5-3-6-11(14-10)9-13-18(16,17)15(2)8-4-7-12/h3,5-6,13H,4,7-9,12H2,1-2H3. The van der Waals surface area contributed by atoms with E-state index < -0.39 is 10.2 Å². The molecule has 18 heavy (non-hydrogen) atoms. The Morgan fingerprint density at radius 1 is 1.44 bits per heavy atom. The molecule has 0 aliphatic carbocycles. The van der Waals surface area contributed by atoms with Gasteiger partial charge in [-0.05, 0) is 32.0 Å². The molecule has 102 valence electrons. The van der Waals surface area contributed by atoms with E-state index in [9.17, 15) is 8.42 Å². The zero-order valence-electron chi connectivity index (χ0n) is 10.8. The number of hydrogen-bond acceptors (Lipinski definition) is 4. The zero-order valence-corrected chi connectivity index (χ0v) is 11.6. The Hall–Kier alpha value is -1.02. The van der Waals surface area contributed by atoms with Crippen LogP contribution in [0.3, 0.4) is 0 Å². The van der Waals surface area contributed by atoms with Crippen molar-refractivity contribution in [1.82, 2.24) is 14.0 Å². The number of hydrogen-bond donors (Lipinski definition) is 2.